The number of halogens is 2. The molecule has 0 aliphatic rings. The van der Waals surface area contributed by atoms with Crippen LogP contribution in [0, 0.1) is 5.92 Å². The van der Waals surface area contributed by atoms with Crippen LogP contribution in [0.15, 0.2) is 29.3 Å². The average Bonchev–Trinajstić information content (AvgIpc) is 2.37. The molecule has 106 valence electrons. The first-order valence-electron chi connectivity index (χ1n) is 6.40. The van der Waals surface area contributed by atoms with E-state index in [1.165, 1.54) is 5.54 Å². The van der Waals surface area contributed by atoms with Crippen molar-refractivity contribution in [3.63, 3.8) is 0 Å². The van der Waals surface area contributed by atoms with E-state index in [4.69, 9.17) is 27.9 Å². The van der Waals surface area contributed by atoms with Gasteiger partial charge >= 0.3 is 0 Å². The number of rotatable bonds is 7. The summed E-state index contributed by atoms with van der Waals surface area (Å²) in [6, 6.07) is 5.86. The smallest absolute Gasteiger partial charge is 0.138 e. The summed E-state index contributed by atoms with van der Waals surface area (Å²) in [7, 11) is 0. The third-order valence-electron chi connectivity index (χ3n) is 2.52. The molecule has 0 saturated carbocycles. The Bertz CT molecular complexity index is 430. The molecule has 1 aromatic carbocycles. The number of nitrogens with one attached hydrogen (secondary N) is 1. The Morgan fingerprint density at radius 2 is 2.16 bits per heavy atom. The molecule has 0 unspecified atom stereocenters. The van der Waals surface area contributed by atoms with Crippen LogP contribution in [0.1, 0.15) is 26.3 Å². The Kier molecular flexibility index (Phi) is 7.29. The van der Waals surface area contributed by atoms with E-state index in [0.717, 1.165) is 24.2 Å². The quantitative estimate of drug-likeness (QED) is 0.794. The number of ether oxygens (including phenoxy) is 1. The van der Waals surface area contributed by atoms with Gasteiger partial charge in [0.15, 0.2) is 0 Å². The van der Waals surface area contributed by atoms with Crippen LogP contribution in [-0.4, -0.2) is 13.2 Å². The molecule has 0 aliphatic carbocycles. The maximum atomic E-state index is 6.19. The van der Waals surface area contributed by atoms with Gasteiger partial charge in [0.1, 0.15) is 12.4 Å². The van der Waals surface area contributed by atoms with Gasteiger partial charge in [-0.3, -0.25) is 0 Å². The van der Waals surface area contributed by atoms with Gasteiger partial charge in [-0.15, -0.1) is 0 Å². The van der Waals surface area contributed by atoms with Gasteiger partial charge in [0.05, 0.1) is 5.02 Å². The van der Waals surface area contributed by atoms with Crippen LogP contribution in [0.4, 0.5) is 0 Å². The van der Waals surface area contributed by atoms with Crippen LogP contribution >= 0.6 is 23.2 Å². The van der Waals surface area contributed by atoms with Gasteiger partial charge in [0.25, 0.3) is 0 Å². The van der Waals surface area contributed by atoms with Crippen LogP contribution in [-0.2, 0) is 6.54 Å². The highest BCUT2D eigenvalue weighted by Crippen LogP contribution is 2.25. The average molecular weight is 302 g/mol. The van der Waals surface area contributed by atoms with Gasteiger partial charge in [0.2, 0.25) is 0 Å². The third-order valence-corrected chi connectivity index (χ3v) is 3.19. The van der Waals surface area contributed by atoms with E-state index in [-0.39, 0.29) is 0 Å². The van der Waals surface area contributed by atoms with Gasteiger partial charge in [-0.25, -0.2) is 0 Å². The summed E-state index contributed by atoms with van der Waals surface area (Å²) >= 11 is 11.8. The van der Waals surface area contributed by atoms with E-state index in [2.05, 4.69) is 19.2 Å². The maximum Gasteiger partial charge on any atom is 0.138 e. The van der Waals surface area contributed by atoms with Crippen LogP contribution in [0.3, 0.4) is 0 Å². The molecule has 0 bridgehead atoms. The molecule has 0 spiro atoms. The van der Waals surface area contributed by atoms with E-state index < -0.39 is 0 Å². The lowest BCUT2D eigenvalue weighted by Crippen LogP contribution is -2.18. The lowest BCUT2D eigenvalue weighted by Gasteiger charge is -2.11. The zero-order valence-corrected chi connectivity index (χ0v) is 13.2. The summed E-state index contributed by atoms with van der Waals surface area (Å²) in [5.74, 6) is 1.33. The molecule has 0 aromatic heterocycles. The highest BCUT2D eigenvalue weighted by molar-refractivity contribution is 6.32. The Balaban J connectivity index is 2.54. The monoisotopic (exact) mass is 301 g/mol. The minimum Gasteiger partial charge on any atom is -0.488 e. The first-order chi connectivity index (χ1) is 9.02. The summed E-state index contributed by atoms with van der Waals surface area (Å²) < 4.78 is 5.58. The molecule has 0 heterocycles. The van der Waals surface area contributed by atoms with Crippen molar-refractivity contribution in [2.45, 2.75) is 27.3 Å². The van der Waals surface area contributed by atoms with Crippen LogP contribution in [0.25, 0.3) is 0 Å². The molecule has 0 fully saturated rings. The Labute approximate surface area is 125 Å². The summed E-state index contributed by atoms with van der Waals surface area (Å²) in [5, 5.41) is 4.01. The summed E-state index contributed by atoms with van der Waals surface area (Å²) in [6.07, 6.45) is 0. The predicted molar refractivity (Wildman–Crippen MR) is 83.1 cm³/mol. The second kappa shape index (κ2) is 8.47. The first kappa shape index (κ1) is 16.4. The van der Waals surface area contributed by atoms with Crippen molar-refractivity contribution in [2.75, 3.05) is 13.2 Å². The highest BCUT2D eigenvalue weighted by Gasteiger charge is 2.04. The molecule has 0 atom stereocenters. The van der Waals surface area contributed by atoms with Gasteiger partial charge in [0, 0.05) is 12.1 Å². The van der Waals surface area contributed by atoms with Gasteiger partial charge in [-0.1, -0.05) is 43.1 Å². The SMILES string of the molecule is C/C(=C\Cl)COc1ccc(CNCC(C)C)cc1Cl. The second-order valence-corrected chi connectivity index (χ2v) is 5.66. The fraction of sp³-hybridized carbons (Fsp3) is 0.467. The predicted octanol–water partition coefficient (Wildman–Crippen LogP) is 4.61. The maximum absolute atomic E-state index is 6.19. The molecule has 0 aliphatic heterocycles. The molecule has 0 amide bonds. The molecular formula is C15H21Cl2NO. The van der Waals surface area contributed by atoms with E-state index in [1.807, 2.05) is 25.1 Å². The van der Waals surface area contributed by atoms with Gasteiger partial charge in [-0.2, -0.15) is 0 Å². The van der Waals surface area contributed by atoms with Crippen molar-refractivity contribution in [2.24, 2.45) is 5.92 Å². The van der Waals surface area contributed by atoms with E-state index in [1.54, 1.807) is 0 Å². The molecule has 0 saturated heterocycles. The van der Waals surface area contributed by atoms with Crippen molar-refractivity contribution >= 4 is 23.2 Å². The molecule has 1 aromatic rings. The minimum atomic E-state index is 0.453. The van der Waals surface area contributed by atoms with Crippen LogP contribution in [0.2, 0.25) is 5.02 Å². The second-order valence-electron chi connectivity index (χ2n) is 5.03. The lowest BCUT2D eigenvalue weighted by atomic mass is 10.2. The molecular weight excluding hydrogens is 281 g/mol. The fourth-order valence-corrected chi connectivity index (χ4v) is 1.82. The molecule has 1 rings (SSSR count). The normalized spacial score (nSPS) is 12.0. The Morgan fingerprint density at radius 3 is 2.74 bits per heavy atom. The van der Waals surface area contributed by atoms with Crippen LogP contribution < -0.4 is 10.1 Å². The summed E-state index contributed by atoms with van der Waals surface area (Å²) in [6.45, 7) is 8.54. The largest absolute Gasteiger partial charge is 0.488 e. The van der Waals surface area contributed by atoms with E-state index in [0.29, 0.717) is 23.3 Å². The molecule has 4 heteroatoms. The Morgan fingerprint density at radius 1 is 1.42 bits per heavy atom. The van der Waals surface area contributed by atoms with Crippen molar-refractivity contribution in [3.05, 3.63) is 39.9 Å². The number of benzene rings is 1. The lowest BCUT2D eigenvalue weighted by molar-refractivity contribution is 0.352. The zero-order valence-electron chi connectivity index (χ0n) is 11.7. The zero-order chi connectivity index (χ0) is 14.3. The summed E-state index contributed by atoms with van der Waals surface area (Å²) in [5.41, 5.74) is 3.63. The molecule has 2 nitrogen and oxygen atoms in total. The molecule has 19 heavy (non-hydrogen) atoms. The topological polar surface area (TPSA) is 21.3 Å². The fourth-order valence-electron chi connectivity index (χ4n) is 1.50. The van der Waals surface area contributed by atoms with Crippen LogP contribution in [0.5, 0.6) is 5.75 Å². The highest BCUT2D eigenvalue weighted by atomic mass is 35.5. The van der Waals surface area contributed by atoms with Gasteiger partial charge < -0.3 is 10.1 Å². The van der Waals surface area contributed by atoms with Crippen molar-refractivity contribution < 1.29 is 4.74 Å². The molecule has 0 radical (unpaired) electrons. The number of hydrogen-bond donors (Lipinski definition) is 1. The first-order valence-corrected chi connectivity index (χ1v) is 7.22. The summed E-state index contributed by atoms with van der Waals surface area (Å²) in [4.78, 5) is 0. The number of hydrogen-bond acceptors (Lipinski definition) is 2. The van der Waals surface area contributed by atoms with E-state index in [9.17, 15) is 0 Å². The minimum absolute atomic E-state index is 0.453. The third kappa shape index (κ3) is 6.33. The standard InChI is InChI=1S/C15H21Cl2NO/c1-11(2)8-18-9-13-4-5-15(14(17)6-13)19-10-12(3)7-16/h4-7,11,18H,8-10H2,1-3H3/b12-7+. The molecule has 1 N–H and O–H groups in total. The van der Waals surface area contributed by atoms with Gasteiger partial charge in [-0.05, 0) is 42.7 Å². The van der Waals surface area contributed by atoms with E-state index >= 15 is 0 Å². The Hall–Kier alpha value is -0.700. The van der Waals surface area contributed by atoms with Crippen molar-refractivity contribution in [1.29, 1.82) is 0 Å². The van der Waals surface area contributed by atoms with Crippen molar-refractivity contribution in [1.82, 2.24) is 5.32 Å². The van der Waals surface area contributed by atoms with Crippen molar-refractivity contribution in [3.8, 4) is 5.75 Å².